The van der Waals surface area contributed by atoms with Gasteiger partial charge in [0.2, 0.25) is 0 Å². The molecule has 0 bridgehead atoms. The quantitative estimate of drug-likeness (QED) is 0.0328. The lowest BCUT2D eigenvalue weighted by molar-refractivity contribution is -0.462. The molecule has 0 fully saturated rings. The smallest absolute Gasteiger partial charge is 0.460 e. The Morgan fingerprint density at radius 2 is 0.511 bits per heavy atom. The van der Waals surface area contributed by atoms with Gasteiger partial charge in [0, 0.05) is 18.1 Å². The van der Waals surface area contributed by atoms with Gasteiger partial charge in [-0.15, -0.1) is 0 Å². The van der Waals surface area contributed by atoms with Crippen LogP contribution in [0.25, 0.3) is 0 Å². The molecule has 0 saturated heterocycles. The average molecular weight is 2040 g/mol. The first-order chi connectivity index (χ1) is 62.8. The van der Waals surface area contributed by atoms with Crippen molar-refractivity contribution < 1.29 is 169 Å². The summed E-state index contributed by atoms with van der Waals surface area (Å²) in [5.41, 5.74) is 5.22. The van der Waals surface area contributed by atoms with Gasteiger partial charge in [0.1, 0.15) is 45.8 Å². The molecule has 0 amide bonds. The summed E-state index contributed by atoms with van der Waals surface area (Å²) in [4.78, 5) is 0. The highest BCUT2D eigenvalue weighted by molar-refractivity contribution is 5.46. The fourth-order valence-corrected chi connectivity index (χ4v) is 11.6. The van der Waals surface area contributed by atoms with Crippen LogP contribution >= 0.6 is 0 Å². The van der Waals surface area contributed by atoms with Gasteiger partial charge in [0.15, 0.2) is 0 Å². The third-order valence-corrected chi connectivity index (χ3v) is 20.0. The summed E-state index contributed by atoms with van der Waals surface area (Å²) in [6, 6.07) is 41.1. The van der Waals surface area contributed by atoms with Crippen molar-refractivity contribution in [2.45, 2.75) is 307 Å². The Balaban J connectivity index is 0.000000915. The van der Waals surface area contributed by atoms with Crippen molar-refractivity contribution in [1.29, 1.82) is 0 Å². The highest BCUT2D eigenvalue weighted by atomic mass is 19.4. The van der Waals surface area contributed by atoms with Crippen LogP contribution in [-0.4, -0.2) is 122 Å². The minimum absolute atomic E-state index is 0.113. The molecule has 0 N–H and O–H groups in total. The standard InChI is InChI=1S/C24H11F31.3C12H18O.2C11H16O.C10H14O.C9H12O/c1-6-5-9(12(29,30)15(35,36)18(41,42)20(45,46)21(47,48)22(49,50)23(51,52)24(53,54)55)7(2)4-8(6)11(27,28)14(33,34)17(39,40)19(43,44)16(37,38)13(31,32)10(3,25)26;1-9-6-7-10(2)11(8-9)13-12(3,4)5;1-9(2)8-13-12-7-10(3)5-6-11(12)4;1-4-5-8-13-12-9-10(2)6-7-11(12)3;1-8(2)12-11-7-9(3)5-6-10(11)4;1-4-7-12-11-8-9(2)5-6-10(11)3;1-4-11-10-7-8(2)5-6-9(10)3;1-7-4-5-8(2)9(6-7)10-3/h4-5H,1-3H3;6-8H,1-5H3;5-7,9H,8H2,1-4H3;6-7,9H,4-5,8H2,1-3H3;5-8H,1-4H3;5-6,8H,4,7H2,1-3H3;5-7H,4H2,1-3H3;4-6H,1-3H3. The van der Waals surface area contributed by atoms with Gasteiger partial charge >= 0.3 is 89.1 Å². The van der Waals surface area contributed by atoms with Gasteiger partial charge in [0.25, 0.3) is 0 Å². The number of ether oxygens (including phenoxy) is 7. The summed E-state index contributed by atoms with van der Waals surface area (Å²) >= 11 is 0. The summed E-state index contributed by atoms with van der Waals surface area (Å²) in [7, 11) is 1.70. The van der Waals surface area contributed by atoms with Crippen LogP contribution in [0, 0.1) is 117 Å². The van der Waals surface area contributed by atoms with Crippen molar-refractivity contribution >= 4 is 0 Å². The monoisotopic (exact) mass is 2040 g/mol. The van der Waals surface area contributed by atoms with E-state index in [1.165, 1.54) is 84.3 Å². The van der Waals surface area contributed by atoms with Gasteiger partial charge in [-0.2, -0.15) is 136 Å². The van der Waals surface area contributed by atoms with Crippen LogP contribution < -0.4 is 33.2 Å². The number of methoxy groups -OCH3 is 1. The Kier molecular flexibility index (Phi) is 45.5. The molecular formula is C101H123F31O7. The number of halogens is 31. The second-order valence-electron chi connectivity index (χ2n) is 35.0. The van der Waals surface area contributed by atoms with Crippen LogP contribution in [0.1, 0.15) is 196 Å². The van der Waals surface area contributed by atoms with Crippen LogP contribution in [0.4, 0.5) is 136 Å². The first-order valence-electron chi connectivity index (χ1n) is 43.2. The van der Waals surface area contributed by atoms with Crippen molar-refractivity contribution in [2.75, 3.05) is 33.5 Å². The SMILES string of the molecule is CCCCOc1cc(C)ccc1C.CCCOc1cc(C)ccc1C.CCOc1cc(C)ccc1C.COc1cc(C)ccc1C.Cc1cc(C(F)(F)C(F)(F)C(F)(F)C(F)(F)C(F)(F)C(F)(F)C(F)(F)C(F)(F)F)c(C)cc1C(F)(F)C(F)(F)C(F)(F)C(F)(F)C(F)(F)C(F)(F)C(C)(F)F.Cc1ccc(C)c(OC(C)(C)C)c1.Cc1ccc(C)c(OC(C)C)c1.Cc1ccc(C)c(OCC(C)C)c1. The Bertz CT molecular complexity index is 5180. The highest BCUT2D eigenvalue weighted by Crippen LogP contribution is 2.67. The van der Waals surface area contributed by atoms with E-state index in [4.69, 9.17) is 33.2 Å². The number of aryl methyl sites for hydroxylation is 16. The molecule has 0 heterocycles. The molecule has 786 valence electrons. The molecular weight excluding hydrogens is 1910 g/mol. The second-order valence-corrected chi connectivity index (χ2v) is 35.0. The molecule has 0 spiro atoms. The van der Waals surface area contributed by atoms with Gasteiger partial charge in [-0.25, -0.2) is 0 Å². The van der Waals surface area contributed by atoms with E-state index in [0.717, 1.165) is 79.5 Å². The first-order valence-corrected chi connectivity index (χ1v) is 43.2. The maximum atomic E-state index is 14.8. The van der Waals surface area contributed by atoms with Crippen LogP contribution in [0.5, 0.6) is 40.2 Å². The zero-order valence-corrected chi connectivity index (χ0v) is 82.5. The molecule has 7 nitrogen and oxygen atoms in total. The van der Waals surface area contributed by atoms with Gasteiger partial charge < -0.3 is 33.2 Å². The normalized spacial score (nSPS) is 12.8. The predicted octanol–water partition coefficient (Wildman–Crippen LogP) is 34.2. The third kappa shape index (κ3) is 31.6. The van der Waals surface area contributed by atoms with E-state index in [0.29, 0.717) is 5.92 Å². The Morgan fingerprint density at radius 1 is 0.259 bits per heavy atom. The van der Waals surface area contributed by atoms with E-state index in [2.05, 4.69) is 260 Å². The molecule has 8 rings (SSSR count). The van der Waals surface area contributed by atoms with Crippen LogP contribution in [-0.2, 0) is 11.8 Å². The maximum Gasteiger partial charge on any atom is 0.460 e. The first kappa shape index (κ1) is 127. The number of unbranched alkanes of at least 4 members (excludes halogenated alkanes) is 1. The maximum absolute atomic E-state index is 14.8. The van der Waals surface area contributed by atoms with Gasteiger partial charge in [-0.1, -0.05) is 119 Å². The van der Waals surface area contributed by atoms with Crippen LogP contribution in [0.2, 0.25) is 0 Å². The molecule has 38 heteroatoms. The molecule has 0 radical (unpaired) electrons. The summed E-state index contributed by atoms with van der Waals surface area (Å²) in [6.45, 7) is 50.6. The summed E-state index contributed by atoms with van der Waals surface area (Å²) in [6.07, 6.45) is -4.47. The molecule has 0 aliphatic heterocycles. The Morgan fingerprint density at radius 3 is 0.777 bits per heavy atom. The van der Waals surface area contributed by atoms with Crippen LogP contribution in [0.15, 0.2) is 140 Å². The number of rotatable bonds is 30. The number of benzene rings is 8. The van der Waals surface area contributed by atoms with Crippen molar-refractivity contribution in [3.8, 4) is 40.2 Å². The molecule has 0 aromatic heterocycles. The fourth-order valence-electron chi connectivity index (χ4n) is 11.6. The third-order valence-electron chi connectivity index (χ3n) is 20.0. The molecule has 0 unspecified atom stereocenters. The van der Waals surface area contributed by atoms with E-state index in [-0.39, 0.29) is 11.7 Å². The molecule has 139 heavy (non-hydrogen) atoms. The topological polar surface area (TPSA) is 64.6 Å². The van der Waals surface area contributed by atoms with Crippen LogP contribution in [0.3, 0.4) is 0 Å². The minimum Gasteiger partial charge on any atom is -0.496 e. The van der Waals surface area contributed by atoms with Crippen molar-refractivity contribution in [1.82, 2.24) is 0 Å². The molecule has 8 aromatic rings. The van der Waals surface area contributed by atoms with Gasteiger partial charge in [0.05, 0.1) is 39.6 Å². The Hall–Kier alpha value is -9.81. The zero-order chi connectivity index (χ0) is 109. The highest BCUT2D eigenvalue weighted by Gasteiger charge is 2.96. The predicted molar refractivity (Wildman–Crippen MR) is 477 cm³/mol. The zero-order valence-electron chi connectivity index (χ0n) is 82.5. The molecule has 0 saturated carbocycles. The summed E-state index contributed by atoms with van der Waals surface area (Å²) in [5, 5.41) is 0. The summed E-state index contributed by atoms with van der Waals surface area (Å²) < 4.78 is 465. The average Bonchev–Trinajstić information content (AvgIpc) is 0.699. The minimum atomic E-state index is -9.17. The number of hydrogen-bond acceptors (Lipinski definition) is 7. The lowest BCUT2D eigenvalue weighted by atomic mass is 9.83. The van der Waals surface area contributed by atoms with E-state index in [1.807, 2.05) is 33.8 Å². The lowest BCUT2D eigenvalue weighted by Crippen LogP contribution is -2.74. The van der Waals surface area contributed by atoms with Crippen molar-refractivity contribution in [3.63, 3.8) is 0 Å². The van der Waals surface area contributed by atoms with E-state index >= 15 is 0 Å². The number of alkyl halides is 31. The molecule has 0 aliphatic carbocycles. The van der Waals surface area contributed by atoms with Gasteiger partial charge in [-0.3, -0.25) is 0 Å². The molecule has 0 aliphatic rings. The number of hydrogen-bond donors (Lipinski definition) is 0. The van der Waals surface area contributed by atoms with E-state index < -0.39 is 144 Å². The van der Waals surface area contributed by atoms with E-state index in [1.54, 1.807) is 7.11 Å². The van der Waals surface area contributed by atoms with Crippen molar-refractivity contribution in [2.24, 2.45) is 5.92 Å². The van der Waals surface area contributed by atoms with Crippen molar-refractivity contribution in [3.05, 3.63) is 240 Å². The second kappa shape index (κ2) is 49.7. The summed E-state index contributed by atoms with van der Waals surface area (Å²) in [5.74, 6) is -109. The van der Waals surface area contributed by atoms with E-state index in [9.17, 15) is 136 Å². The largest absolute Gasteiger partial charge is 0.496 e. The van der Waals surface area contributed by atoms with Gasteiger partial charge in [-0.05, 0) is 315 Å². The Labute approximate surface area is 792 Å². The molecule has 0 atom stereocenters. The fraction of sp³-hybridized carbons (Fsp3) is 0.525. The molecule has 8 aromatic carbocycles. The lowest BCUT2D eigenvalue weighted by Gasteiger charge is -2.43.